The highest BCUT2D eigenvalue weighted by molar-refractivity contribution is 9.10. The van der Waals surface area contributed by atoms with Crippen molar-refractivity contribution in [2.75, 3.05) is 44.2 Å². The monoisotopic (exact) mass is 468 g/mol. The minimum absolute atomic E-state index is 0.305. The number of ether oxygens (including phenoxy) is 1. The van der Waals surface area contributed by atoms with Crippen LogP contribution in [0.4, 0.5) is 5.69 Å². The number of aliphatic hydroxyl groups excluding tert-OH is 1. The second-order valence-electron chi connectivity index (χ2n) is 8.15. The summed E-state index contributed by atoms with van der Waals surface area (Å²) < 4.78 is 6.94. The maximum absolute atomic E-state index is 10.5. The van der Waals surface area contributed by atoms with Gasteiger partial charge in [-0.05, 0) is 60.0 Å². The zero-order valence-corrected chi connectivity index (χ0v) is 19.2. The number of nitrogens with zero attached hydrogens (tertiary/aromatic N) is 2. The summed E-state index contributed by atoms with van der Waals surface area (Å²) in [6, 6.07) is 18.7. The number of piperazine rings is 1. The van der Waals surface area contributed by atoms with Crippen LogP contribution in [-0.2, 0) is 0 Å². The van der Waals surface area contributed by atoms with Crippen LogP contribution in [0.15, 0.2) is 59.1 Å². The number of hydrogen-bond donors (Lipinski definition) is 1. The van der Waals surface area contributed by atoms with Crippen LogP contribution in [0.3, 0.4) is 0 Å². The lowest BCUT2D eigenvalue weighted by Crippen LogP contribution is -2.49. The zero-order valence-electron chi connectivity index (χ0n) is 17.6. The molecule has 4 rings (SSSR count). The molecule has 30 heavy (non-hydrogen) atoms. The van der Waals surface area contributed by atoms with Gasteiger partial charge in [0.25, 0.3) is 0 Å². The highest BCUT2D eigenvalue weighted by atomic mass is 79.9. The number of para-hydroxylation sites is 1. The summed E-state index contributed by atoms with van der Waals surface area (Å²) in [6.45, 7) is 9.19. The van der Waals surface area contributed by atoms with Crippen LogP contribution in [0.5, 0.6) is 5.75 Å². The summed E-state index contributed by atoms with van der Waals surface area (Å²) in [7, 11) is 0. The van der Waals surface area contributed by atoms with Gasteiger partial charge in [-0.25, -0.2) is 0 Å². The van der Waals surface area contributed by atoms with Crippen molar-refractivity contribution >= 4 is 32.4 Å². The van der Waals surface area contributed by atoms with Gasteiger partial charge in [-0.3, -0.25) is 4.90 Å². The minimum atomic E-state index is -0.502. The van der Waals surface area contributed by atoms with Crippen LogP contribution in [-0.4, -0.2) is 55.4 Å². The van der Waals surface area contributed by atoms with Crippen LogP contribution in [0.25, 0.3) is 10.8 Å². The van der Waals surface area contributed by atoms with Crippen LogP contribution in [0, 0.1) is 13.8 Å². The van der Waals surface area contributed by atoms with E-state index in [2.05, 4.69) is 76.0 Å². The molecule has 0 aliphatic carbocycles. The van der Waals surface area contributed by atoms with E-state index in [4.69, 9.17) is 4.74 Å². The Labute approximate surface area is 187 Å². The molecule has 1 saturated heterocycles. The Kier molecular flexibility index (Phi) is 6.61. The molecule has 1 fully saturated rings. The Balaban J connectivity index is 1.27. The topological polar surface area (TPSA) is 35.9 Å². The van der Waals surface area contributed by atoms with Crippen LogP contribution in [0.1, 0.15) is 11.1 Å². The normalized spacial score (nSPS) is 16.1. The molecule has 4 nitrogen and oxygen atoms in total. The third-order valence-electron chi connectivity index (χ3n) is 5.81. The number of halogens is 1. The van der Waals surface area contributed by atoms with Crippen LogP contribution < -0.4 is 9.64 Å². The molecule has 1 atom stereocenters. The van der Waals surface area contributed by atoms with E-state index in [1.54, 1.807) is 0 Å². The van der Waals surface area contributed by atoms with E-state index in [9.17, 15) is 5.11 Å². The van der Waals surface area contributed by atoms with E-state index in [1.165, 1.54) is 22.2 Å². The second-order valence-corrected chi connectivity index (χ2v) is 9.06. The second kappa shape index (κ2) is 9.38. The van der Waals surface area contributed by atoms with Crippen LogP contribution >= 0.6 is 15.9 Å². The molecule has 5 heteroatoms. The molecule has 0 aromatic heterocycles. The van der Waals surface area contributed by atoms with E-state index >= 15 is 0 Å². The molecule has 1 heterocycles. The van der Waals surface area contributed by atoms with Crippen LogP contribution in [0.2, 0.25) is 0 Å². The highest BCUT2D eigenvalue weighted by Crippen LogP contribution is 2.26. The average Bonchev–Trinajstić information content (AvgIpc) is 2.73. The Morgan fingerprint density at radius 2 is 1.60 bits per heavy atom. The smallest absolute Gasteiger partial charge is 0.120 e. The first-order valence-corrected chi connectivity index (χ1v) is 11.3. The fourth-order valence-electron chi connectivity index (χ4n) is 4.29. The summed E-state index contributed by atoms with van der Waals surface area (Å²) in [4.78, 5) is 4.80. The predicted octanol–water partition coefficient (Wildman–Crippen LogP) is 4.78. The van der Waals surface area contributed by atoms with E-state index in [0.29, 0.717) is 13.2 Å². The van der Waals surface area contributed by atoms with Gasteiger partial charge in [0.05, 0.1) is 0 Å². The number of benzene rings is 3. The molecule has 0 amide bonds. The molecule has 1 aliphatic rings. The number of aliphatic hydroxyl groups is 1. The standard InChI is InChI=1S/C25H29BrN2O2/c1-18-4-3-5-19(2)25(18)28-12-10-27(11-13-28)16-23(29)17-30-24-9-7-20-14-22(26)8-6-21(20)15-24/h3-9,14-15,23,29H,10-13,16-17H2,1-2H3/t23-/m0/s1. The quantitative estimate of drug-likeness (QED) is 0.564. The van der Waals surface area contributed by atoms with Gasteiger partial charge < -0.3 is 14.7 Å². The maximum atomic E-state index is 10.5. The summed E-state index contributed by atoms with van der Waals surface area (Å²) in [5.74, 6) is 0.795. The van der Waals surface area contributed by atoms with E-state index in [1.807, 2.05) is 18.2 Å². The number of anilines is 1. The molecule has 3 aromatic rings. The molecular formula is C25H29BrN2O2. The van der Waals surface area contributed by atoms with Gasteiger partial charge in [0, 0.05) is 42.9 Å². The lowest BCUT2D eigenvalue weighted by atomic mass is 10.1. The fourth-order valence-corrected chi connectivity index (χ4v) is 4.66. The zero-order chi connectivity index (χ0) is 21.1. The van der Waals surface area contributed by atoms with Gasteiger partial charge in [-0.1, -0.05) is 46.3 Å². The number of fused-ring (bicyclic) bond motifs is 1. The van der Waals surface area contributed by atoms with Gasteiger partial charge >= 0.3 is 0 Å². The molecule has 0 radical (unpaired) electrons. The molecule has 158 valence electrons. The largest absolute Gasteiger partial charge is 0.491 e. The van der Waals surface area contributed by atoms with Crippen molar-refractivity contribution < 1.29 is 9.84 Å². The van der Waals surface area contributed by atoms with Gasteiger partial charge in [-0.2, -0.15) is 0 Å². The van der Waals surface area contributed by atoms with Crippen molar-refractivity contribution in [3.8, 4) is 5.75 Å². The molecule has 0 spiro atoms. The summed E-state index contributed by atoms with van der Waals surface area (Å²) >= 11 is 3.50. The SMILES string of the molecule is Cc1cccc(C)c1N1CCN(C[C@H](O)COc2ccc3cc(Br)ccc3c2)CC1. The van der Waals surface area contributed by atoms with Crippen molar-refractivity contribution in [1.29, 1.82) is 0 Å². The van der Waals surface area contributed by atoms with Crippen molar-refractivity contribution in [2.45, 2.75) is 20.0 Å². The number of rotatable bonds is 6. The highest BCUT2D eigenvalue weighted by Gasteiger charge is 2.21. The summed E-state index contributed by atoms with van der Waals surface area (Å²) in [5.41, 5.74) is 4.03. The van der Waals surface area contributed by atoms with Gasteiger partial charge in [0.2, 0.25) is 0 Å². The molecule has 1 N–H and O–H groups in total. The van der Waals surface area contributed by atoms with Crippen molar-refractivity contribution in [3.05, 3.63) is 70.2 Å². The molecular weight excluding hydrogens is 440 g/mol. The van der Waals surface area contributed by atoms with E-state index in [-0.39, 0.29) is 0 Å². The maximum Gasteiger partial charge on any atom is 0.120 e. The average molecular weight is 469 g/mol. The fraction of sp³-hybridized carbons (Fsp3) is 0.360. The van der Waals surface area contributed by atoms with Crippen molar-refractivity contribution in [2.24, 2.45) is 0 Å². The first-order valence-electron chi connectivity index (χ1n) is 10.5. The first kappa shape index (κ1) is 21.2. The Bertz CT molecular complexity index is 995. The van der Waals surface area contributed by atoms with E-state index < -0.39 is 6.10 Å². The Morgan fingerprint density at radius 1 is 0.933 bits per heavy atom. The number of β-amino-alcohol motifs (C(OH)–C–C–N with tert-alkyl or cyclic N) is 1. The molecule has 0 unspecified atom stereocenters. The Morgan fingerprint density at radius 3 is 2.33 bits per heavy atom. The number of aryl methyl sites for hydroxylation is 2. The van der Waals surface area contributed by atoms with Gasteiger partial charge in [0.15, 0.2) is 0 Å². The Hall–Kier alpha value is -2.08. The lowest BCUT2D eigenvalue weighted by Gasteiger charge is -2.38. The van der Waals surface area contributed by atoms with Crippen molar-refractivity contribution in [1.82, 2.24) is 4.90 Å². The molecule has 0 bridgehead atoms. The summed E-state index contributed by atoms with van der Waals surface area (Å²) in [5, 5.41) is 12.8. The first-order chi connectivity index (χ1) is 14.5. The minimum Gasteiger partial charge on any atom is -0.491 e. The van der Waals surface area contributed by atoms with E-state index in [0.717, 1.165) is 41.8 Å². The molecule has 3 aromatic carbocycles. The summed E-state index contributed by atoms with van der Waals surface area (Å²) in [6.07, 6.45) is -0.502. The van der Waals surface area contributed by atoms with Crippen molar-refractivity contribution in [3.63, 3.8) is 0 Å². The number of hydrogen-bond acceptors (Lipinski definition) is 4. The third-order valence-corrected chi connectivity index (χ3v) is 6.31. The van der Waals surface area contributed by atoms with Gasteiger partial charge in [0.1, 0.15) is 18.5 Å². The molecule has 0 saturated carbocycles. The predicted molar refractivity (Wildman–Crippen MR) is 128 cm³/mol. The molecule has 1 aliphatic heterocycles. The third kappa shape index (κ3) is 4.97. The lowest BCUT2D eigenvalue weighted by molar-refractivity contribution is 0.0663. The van der Waals surface area contributed by atoms with Gasteiger partial charge in [-0.15, -0.1) is 0 Å².